The molecule has 0 aromatic heterocycles. The number of anilines is 1. The molecule has 270 valence electrons. The van der Waals surface area contributed by atoms with Gasteiger partial charge in [-0.05, 0) is 70.4 Å². The molecule has 4 N–H and O–H groups in total. The number of rotatable bonds is 10. The van der Waals surface area contributed by atoms with Crippen molar-refractivity contribution >= 4 is 45.6 Å². The largest absolute Gasteiger partial charge is 0.444 e. The Kier molecular flexibility index (Phi) is 10.5. The second-order valence-corrected chi connectivity index (χ2v) is 17.2. The molecular weight excluding hydrogens is 654 g/mol. The number of aryl methyl sites for hydroxylation is 2. The lowest BCUT2D eigenvalue weighted by atomic mass is 9.85. The maximum absolute atomic E-state index is 14.3. The molecule has 5 atom stereocenters. The predicted octanol–water partition coefficient (Wildman–Crippen LogP) is 3.43. The zero-order valence-corrected chi connectivity index (χ0v) is 30.3. The van der Waals surface area contributed by atoms with E-state index in [1.165, 1.54) is 11.0 Å². The van der Waals surface area contributed by atoms with Crippen molar-refractivity contribution in [2.24, 2.45) is 11.3 Å². The summed E-state index contributed by atoms with van der Waals surface area (Å²) in [5, 5.41) is 7.43. The molecule has 0 spiro atoms. The summed E-state index contributed by atoms with van der Waals surface area (Å²) in [5.41, 5.74) is -1.09. The number of nitrogens with zero attached hydrogens (tertiary/aromatic N) is 1. The minimum absolute atomic E-state index is 0.109. The summed E-state index contributed by atoms with van der Waals surface area (Å²) in [6, 6.07) is 3.11. The van der Waals surface area contributed by atoms with Crippen molar-refractivity contribution in [3.05, 3.63) is 42.0 Å². The first-order valence-corrected chi connectivity index (χ1v) is 18.0. The summed E-state index contributed by atoms with van der Waals surface area (Å²) in [7, 11) is -3.91. The quantitative estimate of drug-likeness (QED) is 0.265. The number of carbonyl (C=O) groups excluding carboxylic acids is 5. The molecule has 1 aromatic carbocycles. The van der Waals surface area contributed by atoms with E-state index in [1.807, 2.05) is 32.0 Å². The molecule has 49 heavy (non-hydrogen) atoms. The molecule has 1 saturated heterocycles. The molecule has 2 aliphatic carbocycles. The van der Waals surface area contributed by atoms with Crippen molar-refractivity contribution in [3.8, 4) is 0 Å². The lowest BCUT2D eigenvalue weighted by Gasteiger charge is -2.36. The van der Waals surface area contributed by atoms with Gasteiger partial charge in [-0.25, -0.2) is 18.0 Å². The third-order valence-corrected chi connectivity index (χ3v) is 10.7. The van der Waals surface area contributed by atoms with Gasteiger partial charge in [0.15, 0.2) is 0 Å². The zero-order valence-electron chi connectivity index (χ0n) is 29.5. The zero-order chi connectivity index (χ0) is 36.7. The molecule has 5 amide bonds. The van der Waals surface area contributed by atoms with Gasteiger partial charge >= 0.3 is 12.2 Å². The fourth-order valence-electron chi connectivity index (χ4n) is 5.93. The first-order chi connectivity index (χ1) is 22.6. The maximum atomic E-state index is 14.3. The van der Waals surface area contributed by atoms with Crippen molar-refractivity contribution in [3.63, 3.8) is 0 Å². The van der Waals surface area contributed by atoms with Crippen LogP contribution in [-0.2, 0) is 33.9 Å². The summed E-state index contributed by atoms with van der Waals surface area (Å²) in [4.78, 5) is 68.8. The van der Waals surface area contributed by atoms with Crippen LogP contribution in [0.4, 0.5) is 15.3 Å². The molecule has 1 heterocycles. The van der Waals surface area contributed by atoms with Gasteiger partial charge in [0.05, 0.1) is 11.8 Å². The Morgan fingerprint density at radius 3 is 2.14 bits per heavy atom. The van der Waals surface area contributed by atoms with Gasteiger partial charge in [0, 0.05) is 18.0 Å². The third-order valence-electron chi connectivity index (χ3n) is 8.85. The maximum Gasteiger partial charge on any atom is 0.411 e. The molecule has 3 aliphatic rings. The van der Waals surface area contributed by atoms with Gasteiger partial charge in [0.2, 0.25) is 21.8 Å². The van der Waals surface area contributed by atoms with Crippen LogP contribution in [0.15, 0.2) is 30.9 Å². The summed E-state index contributed by atoms with van der Waals surface area (Å²) in [6.45, 7) is 17.5. The highest BCUT2D eigenvalue weighted by Gasteiger charge is 2.62. The fraction of sp³-hybridized carbons (Fsp3) is 0.618. The van der Waals surface area contributed by atoms with Gasteiger partial charge in [-0.1, -0.05) is 45.0 Å². The van der Waals surface area contributed by atoms with Gasteiger partial charge in [-0.15, -0.1) is 6.58 Å². The molecule has 0 bridgehead atoms. The van der Waals surface area contributed by atoms with E-state index in [-0.39, 0.29) is 19.4 Å². The molecule has 15 heteroatoms. The number of hydrogen-bond acceptors (Lipinski definition) is 9. The number of alkyl carbamates (subject to hydrolysis) is 1. The second kappa shape index (κ2) is 13.6. The van der Waals surface area contributed by atoms with Crippen LogP contribution in [0.25, 0.3) is 0 Å². The normalized spacial score (nSPS) is 24.2. The molecule has 1 aliphatic heterocycles. The Morgan fingerprint density at radius 2 is 1.63 bits per heavy atom. The first-order valence-electron chi connectivity index (χ1n) is 16.4. The number of benzene rings is 1. The SMILES string of the molecule is C=CC1CC1(NC(=O)C1CC(OC(=O)Nc2c(C)cccc2C)CN1C(=O)C(NC(=O)OC(C)(C)C)C(C)(C)C)C(=O)NS(=O)(=O)C1CC1. The Bertz CT molecular complexity index is 1610. The van der Waals surface area contributed by atoms with E-state index in [0.717, 1.165) is 11.1 Å². The highest BCUT2D eigenvalue weighted by molar-refractivity contribution is 7.91. The molecule has 5 unspecified atom stereocenters. The Balaban J connectivity index is 1.60. The highest BCUT2D eigenvalue weighted by atomic mass is 32.2. The van der Waals surface area contributed by atoms with E-state index < -0.39 is 85.8 Å². The van der Waals surface area contributed by atoms with Crippen LogP contribution in [-0.4, -0.2) is 84.3 Å². The number of hydrogen-bond donors (Lipinski definition) is 4. The van der Waals surface area contributed by atoms with Crippen LogP contribution < -0.4 is 20.7 Å². The van der Waals surface area contributed by atoms with Crippen molar-refractivity contribution in [2.75, 3.05) is 11.9 Å². The van der Waals surface area contributed by atoms with E-state index >= 15 is 0 Å². The van der Waals surface area contributed by atoms with Gasteiger partial charge in [0.1, 0.15) is 29.3 Å². The molecule has 3 fully saturated rings. The van der Waals surface area contributed by atoms with Crippen LogP contribution in [0.1, 0.15) is 78.4 Å². The van der Waals surface area contributed by atoms with Crippen LogP contribution in [0.5, 0.6) is 0 Å². The Hall–Kier alpha value is -4.14. The summed E-state index contributed by atoms with van der Waals surface area (Å²) < 4.78 is 38.4. The van der Waals surface area contributed by atoms with Crippen molar-refractivity contribution in [1.29, 1.82) is 0 Å². The highest BCUT2D eigenvalue weighted by Crippen LogP contribution is 2.45. The third kappa shape index (κ3) is 8.91. The topological polar surface area (TPSA) is 189 Å². The minimum Gasteiger partial charge on any atom is -0.444 e. The molecule has 4 rings (SSSR count). The lowest BCUT2D eigenvalue weighted by molar-refractivity contribution is -0.143. The van der Waals surface area contributed by atoms with E-state index in [4.69, 9.17) is 9.47 Å². The average Bonchev–Trinajstić information content (AvgIpc) is 3.89. The van der Waals surface area contributed by atoms with Crippen molar-refractivity contribution in [1.82, 2.24) is 20.3 Å². The van der Waals surface area contributed by atoms with Crippen LogP contribution in [0.2, 0.25) is 0 Å². The average molecular weight is 704 g/mol. The summed E-state index contributed by atoms with van der Waals surface area (Å²) in [6.07, 6.45) is -0.235. The lowest BCUT2D eigenvalue weighted by Crippen LogP contribution is -2.60. The van der Waals surface area contributed by atoms with Crippen molar-refractivity contribution in [2.45, 2.75) is 116 Å². The first kappa shape index (κ1) is 37.7. The molecule has 14 nitrogen and oxygen atoms in total. The predicted molar refractivity (Wildman–Crippen MR) is 182 cm³/mol. The second-order valence-electron chi connectivity index (χ2n) is 15.3. The number of amides is 5. The number of nitrogens with one attached hydrogen (secondary N) is 4. The number of carbonyl (C=O) groups is 5. The van der Waals surface area contributed by atoms with E-state index in [2.05, 4.69) is 27.3 Å². The number of sulfonamides is 1. The van der Waals surface area contributed by atoms with Crippen LogP contribution in [0.3, 0.4) is 0 Å². The molecular formula is C34H49N5O9S. The van der Waals surface area contributed by atoms with Gasteiger partial charge in [0.25, 0.3) is 5.91 Å². The standard InChI is InChI=1S/C34H49N5O9S/c1-10-21-17-34(21,29(42)38-49(45,46)23-14-15-23)37-27(40)24-16-22(47-30(43)35-25-19(2)12-11-13-20(25)3)18-39(24)28(41)26(32(4,5)6)36-31(44)48-33(7,8)9/h10-13,21-24,26H,1,14-18H2,2-9H3,(H,35,43)(H,36,44)(H,37,40)(H,38,42). The van der Waals surface area contributed by atoms with Crippen molar-refractivity contribution < 1.29 is 41.9 Å². The van der Waals surface area contributed by atoms with E-state index in [9.17, 15) is 32.4 Å². The number of ether oxygens (including phenoxy) is 2. The minimum atomic E-state index is -3.91. The summed E-state index contributed by atoms with van der Waals surface area (Å²) >= 11 is 0. The van der Waals surface area contributed by atoms with Gasteiger partial charge in [-0.3, -0.25) is 24.4 Å². The van der Waals surface area contributed by atoms with Gasteiger partial charge < -0.3 is 25.0 Å². The van der Waals surface area contributed by atoms with Crippen LogP contribution in [0, 0.1) is 25.2 Å². The Labute approximate surface area is 288 Å². The van der Waals surface area contributed by atoms with Gasteiger partial charge in [-0.2, -0.15) is 0 Å². The monoisotopic (exact) mass is 703 g/mol. The smallest absolute Gasteiger partial charge is 0.411 e. The van der Waals surface area contributed by atoms with E-state index in [0.29, 0.717) is 18.5 Å². The van der Waals surface area contributed by atoms with E-state index in [1.54, 1.807) is 41.5 Å². The molecule has 2 saturated carbocycles. The van der Waals surface area contributed by atoms with Crippen LogP contribution >= 0.6 is 0 Å². The number of para-hydroxylation sites is 1. The summed E-state index contributed by atoms with van der Waals surface area (Å²) in [5.74, 6) is -2.82. The fourth-order valence-corrected chi connectivity index (χ4v) is 7.29. The molecule has 0 radical (unpaired) electrons. The Morgan fingerprint density at radius 1 is 1.02 bits per heavy atom. The number of likely N-dealkylation sites (tertiary alicyclic amines) is 1. The molecule has 1 aromatic rings.